The third kappa shape index (κ3) is 5.58. The molecule has 2 aliphatic heterocycles. The van der Waals surface area contributed by atoms with E-state index < -0.39 is 15.9 Å². The molecule has 37 heavy (non-hydrogen) atoms. The molecule has 1 amide bonds. The van der Waals surface area contributed by atoms with Crippen LogP contribution in [-0.4, -0.2) is 43.0 Å². The highest BCUT2D eigenvalue weighted by atomic mass is 32.2. The van der Waals surface area contributed by atoms with Crippen LogP contribution in [0.4, 0.5) is 11.6 Å². The number of anilines is 2. The van der Waals surface area contributed by atoms with Crippen LogP contribution in [0.5, 0.6) is 0 Å². The molecule has 1 atom stereocenters. The van der Waals surface area contributed by atoms with E-state index in [0.29, 0.717) is 36.2 Å². The van der Waals surface area contributed by atoms with Gasteiger partial charge in [-0.2, -0.15) is 8.42 Å². The number of carbonyl (C=O) groups is 1. The molecule has 2 aromatic rings. The number of nitrogens with two attached hydrogens (primary N) is 1. The summed E-state index contributed by atoms with van der Waals surface area (Å²) in [5.74, 6) is 0.783. The Kier molecular flexibility index (Phi) is 7.00. The van der Waals surface area contributed by atoms with E-state index in [1.165, 1.54) is 18.2 Å². The molecule has 9 nitrogen and oxygen atoms in total. The van der Waals surface area contributed by atoms with Gasteiger partial charge in [0.1, 0.15) is 17.4 Å². The molecule has 0 aliphatic carbocycles. The van der Waals surface area contributed by atoms with Gasteiger partial charge in [0.15, 0.2) is 5.03 Å². The summed E-state index contributed by atoms with van der Waals surface area (Å²) >= 11 is 0. The maximum atomic E-state index is 13.7. The summed E-state index contributed by atoms with van der Waals surface area (Å²) in [4.78, 5) is 24.8. The molecule has 3 N–H and O–H groups in total. The number of pyridine rings is 2. The van der Waals surface area contributed by atoms with E-state index in [2.05, 4.69) is 56.1 Å². The molecular weight excluding hydrogens is 490 g/mol. The van der Waals surface area contributed by atoms with Gasteiger partial charge >= 0.3 is 0 Å². The van der Waals surface area contributed by atoms with Gasteiger partial charge < -0.3 is 15.4 Å². The fourth-order valence-electron chi connectivity index (χ4n) is 5.15. The third-order valence-corrected chi connectivity index (χ3v) is 7.97. The van der Waals surface area contributed by atoms with Gasteiger partial charge in [0.05, 0.1) is 17.9 Å². The van der Waals surface area contributed by atoms with Crippen LogP contribution in [0.3, 0.4) is 0 Å². The summed E-state index contributed by atoms with van der Waals surface area (Å²) in [6, 6.07) is 5.99. The number of hydrogen-bond donors (Lipinski definition) is 2. The SMILES string of the molecule is CC1CN(c2nc(C(C)(C)C)c(C3=CCCCO3)cc2C(=O)NS(=O)(=O)c2cccc(N)n2)C(C)(C)C1. The minimum absolute atomic E-state index is 0.0451. The molecule has 4 rings (SSSR count). The standard InChI is InChI=1S/C27H37N5O4S/c1-17-15-27(5,6)32(16-17)24-19(25(33)31-37(34,35)22-12-9-11-21(28)29-22)14-18(20-10-7-8-13-36-20)23(30-24)26(2,3)4/h9-12,14,17H,7-8,13,15-16H2,1-6H3,(H2,28,29)(H,31,33). The highest BCUT2D eigenvalue weighted by Crippen LogP contribution is 2.41. The minimum Gasteiger partial charge on any atom is -0.493 e. The number of rotatable bonds is 5. The molecule has 0 spiro atoms. The summed E-state index contributed by atoms with van der Waals surface area (Å²) < 4.78 is 34.3. The Morgan fingerprint density at radius 2 is 1.97 bits per heavy atom. The number of aromatic nitrogens is 2. The van der Waals surface area contributed by atoms with Crippen LogP contribution in [0, 0.1) is 5.92 Å². The van der Waals surface area contributed by atoms with Gasteiger partial charge in [0.2, 0.25) is 0 Å². The van der Waals surface area contributed by atoms with E-state index in [-0.39, 0.29) is 27.4 Å². The van der Waals surface area contributed by atoms with Crippen molar-refractivity contribution in [2.75, 3.05) is 23.8 Å². The molecule has 1 unspecified atom stereocenters. The lowest BCUT2D eigenvalue weighted by Crippen LogP contribution is -2.41. The van der Waals surface area contributed by atoms with Crippen LogP contribution in [0.25, 0.3) is 5.76 Å². The van der Waals surface area contributed by atoms with Gasteiger partial charge in [-0.15, -0.1) is 0 Å². The maximum Gasteiger partial charge on any atom is 0.281 e. The van der Waals surface area contributed by atoms with Gasteiger partial charge in [-0.3, -0.25) is 4.79 Å². The first-order valence-electron chi connectivity index (χ1n) is 12.7. The Balaban J connectivity index is 1.89. The molecule has 1 saturated heterocycles. The minimum atomic E-state index is -4.27. The van der Waals surface area contributed by atoms with Crippen molar-refractivity contribution in [2.24, 2.45) is 5.92 Å². The van der Waals surface area contributed by atoms with Gasteiger partial charge in [0, 0.05) is 23.1 Å². The maximum absolute atomic E-state index is 13.7. The van der Waals surface area contributed by atoms with Crippen LogP contribution < -0.4 is 15.4 Å². The normalized spacial score (nSPS) is 19.8. The molecule has 200 valence electrons. The zero-order valence-electron chi connectivity index (χ0n) is 22.5. The fraction of sp³-hybridized carbons (Fsp3) is 0.519. The van der Waals surface area contributed by atoms with Crippen LogP contribution in [0.1, 0.15) is 82.4 Å². The first kappa shape index (κ1) is 26.9. The topological polar surface area (TPSA) is 128 Å². The predicted molar refractivity (Wildman–Crippen MR) is 145 cm³/mol. The molecule has 0 saturated carbocycles. The van der Waals surface area contributed by atoms with Gasteiger partial charge in [-0.1, -0.05) is 33.8 Å². The summed E-state index contributed by atoms with van der Waals surface area (Å²) in [6.07, 6.45) is 4.70. The average molecular weight is 528 g/mol. The number of carbonyl (C=O) groups excluding carboxylic acids is 1. The monoisotopic (exact) mass is 527 g/mol. The number of amides is 1. The lowest BCUT2D eigenvalue weighted by atomic mass is 9.86. The zero-order chi connectivity index (χ0) is 27.2. The van der Waals surface area contributed by atoms with Crippen LogP contribution >= 0.6 is 0 Å². The quantitative estimate of drug-likeness (QED) is 0.591. The average Bonchev–Trinajstić information content (AvgIpc) is 3.09. The number of nitrogens with zero attached hydrogens (tertiary/aromatic N) is 3. The lowest BCUT2D eigenvalue weighted by molar-refractivity contribution is 0.0981. The number of ether oxygens (including phenoxy) is 1. The summed E-state index contributed by atoms with van der Waals surface area (Å²) in [7, 11) is -4.27. The summed E-state index contributed by atoms with van der Waals surface area (Å²) in [5.41, 5.74) is 6.73. The highest BCUT2D eigenvalue weighted by molar-refractivity contribution is 7.90. The Morgan fingerprint density at radius 1 is 1.24 bits per heavy atom. The largest absolute Gasteiger partial charge is 0.493 e. The van der Waals surface area contributed by atoms with E-state index in [9.17, 15) is 13.2 Å². The molecule has 2 aliphatic rings. The van der Waals surface area contributed by atoms with Gasteiger partial charge in [-0.05, 0) is 63.3 Å². The first-order valence-corrected chi connectivity index (χ1v) is 14.1. The van der Waals surface area contributed by atoms with E-state index in [0.717, 1.165) is 25.0 Å². The molecule has 4 heterocycles. The van der Waals surface area contributed by atoms with E-state index >= 15 is 0 Å². The predicted octanol–water partition coefficient (Wildman–Crippen LogP) is 4.25. The van der Waals surface area contributed by atoms with E-state index in [1.807, 2.05) is 6.08 Å². The fourth-order valence-corrected chi connectivity index (χ4v) is 6.09. The molecule has 1 fully saturated rings. The third-order valence-electron chi connectivity index (χ3n) is 6.73. The first-order chi connectivity index (χ1) is 17.2. The van der Waals surface area contributed by atoms with Crippen molar-refractivity contribution in [3.05, 3.63) is 47.2 Å². The van der Waals surface area contributed by atoms with Crippen molar-refractivity contribution in [3.63, 3.8) is 0 Å². The van der Waals surface area contributed by atoms with Crippen molar-refractivity contribution in [3.8, 4) is 0 Å². The smallest absolute Gasteiger partial charge is 0.281 e. The number of nitrogen functional groups attached to an aromatic ring is 1. The molecule has 0 aromatic carbocycles. The van der Waals surface area contributed by atoms with Crippen molar-refractivity contribution >= 4 is 33.3 Å². The van der Waals surface area contributed by atoms with Crippen molar-refractivity contribution < 1.29 is 17.9 Å². The highest BCUT2D eigenvalue weighted by Gasteiger charge is 2.40. The molecule has 2 aromatic heterocycles. The summed E-state index contributed by atoms with van der Waals surface area (Å²) in [5, 5.41) is -0.324. The number of hydrogen-bond acceptors (Lipinski definition) is 8. The van der Waals surface area contributed by atoms with Crippen LogP contribution in [-0.2, 0) is 20.2 Å². The van der Waals surface area contributed by atoms with Crippen molar-refractivity contribution in [2.45, 2.75) is 76.8 Å². The molecule has 0 radical (unpaired) electrons. The second-order valence-corrected chi connectivity index (χ2v) is 13.3. The second kappa shape index (κ2) is 9.63. The Labute approximate surface area is 219 Å². The van der Waals surface area contributed by atoms with Crippen molar-refractivity contribution in [1.29, 1.82) is 0 Å². The van der Waals surface area contributed by atoms with Gasteiger partial charge in [-0.25, -0.2) is 14.7 Å². The Hall–Kier alpha value is -3.14. The van der Waals surface area contributed by atoms with E-state index in [4.69, 9.17) is 15.5 Å². The molecule has 10 heteroatoms. The number of nitrogens with one attached hydrogen (secondary N) is 1. The Bertz CT molecular complexity index is 1350. The number of sulfonamides is 1. The van der Waals surface area contributed by atoms with Gasteiger partial charge in [0.25, 0.3) is 15.9 Å². The van der Waals surface area contributed by atoms with E-state index in [1.54, 1.807) is 6.07 Å². The number of allylic oxidation sites excluding steroid dienone is 1. The Morgan fingerprint density at radius 3 is 2.54 bits per heavy atom. The zero-order valence-corrected chi connectivity index (χ0v) is 23.3. The van der Waals surface area contributed by atoms with Crippen molar-refractivity contribution in [1.82, 2.24) is 14.7 Å². The van der Waals surface area contributed by atoms with Crippen LogP contribution in [0.15, 0.2) is 35.4 Å². The summed E-state index contributed by atoms with van der Waals surface area (Å²) in [6.45, 7) is 13.9. The second-order valence-electron chi connectivity index (χ2n) is 11.6. The van der Waals surface area contributed by atoms with Crippen LogP contribution in [0.2, 0.25) is 0 Å². The molecular formula is C27H37N5O4S. The molecule has 0 bridgehead atoms. The lowest BCUT2D eigenvalue weighted by Gasteiger charge is -2.35.